The summed E-state index contributed by atoms with van der Waals surface area (Å²) in [7, 11) is 0. The summed E-state index contributed by atoms with van der Waals surface area (Å²) >= 11 is 5.86. The van der Waals surface area contributed by atoms with E-state index in [2.05, 4.69) is 25.4 Å². The van der Waals surface area contributed by atoms with Crippen LogP contribution in [0.4, 0.5) is 30.7 Å². The maximum absolute atomic E-state index is 14.2. The molecule has 1 N–H and O–H groups in total. The third kappa shape index (κ3) is 5.67. The highest BCUT2D eigenvalue weighted by molar-refractivity contribution is 6.28. The molecule has 0 unspecified atom stereocenters. The van der Waals surface area contributed by atoms with Crippen molar-refractivity contribution in [3.8, 4) is 0 Å². The Morgan fingerprint density at radius 3 is 2.36 bits per heavy atom. The molecule has 18 heteroatoms. The molecule has 0 aliphatic heterocycles. The highest BCUT2D eigenvalue weighted by Gasteiger charge is 2.43. The van der Waals surface area contributed by atoms with Gasteiger partial charge in [-0.15, -0.1) is 10.2 Å². The molecule has 0 saturated carbocycles. The number of benzene rings is 1. The Bertz CT molecular complexity index is 1630. The smallest absolute Gasteiger partial charge is 0.323 e. The molecule has 1 aromatic carbocycles. The lowest BCUT2D eigenvalue weighted by Crippen LogP contribution is -2.40. The molecular weight excluding hydrogens is 565 g/mol. The molecule has 39 heavy (non-hydrogen) atoms. The maximum Gasteiger partial charge on any atom is 0.419 e. The predicted octanol–water partition coefficient (Wildman–Crippen LogP) is 3.79. The van der Waals surface area contributed by atoms with Crippen molar-refractivity contribution in [1.29, 1.82) is 0 Å². The van der Waals surface area contributed by atoms with Crippen LogP contribution < -0.4 is 11.2 Å². The van der Waals surface area contributed by atoms with Gasteiger partial charge in [-0.05, 0) is 41.3 Å². The lowest BCUT2D eigenvalue weighted by Gasteiger charge is -2.16. The van der Waals surface area contributed by atoms with Crippen molar-refractivity contribution in [3.05, 3.63) is 66.6 Å². The van der Waals surface area contributed by atoms with Gasteiger partial charge in [0, 0.05) is 19.5 Å². The highest BCUT2D eigenvalue weighted by Crippen LogP contribution is 2.40. The minimum absolute atomic E-state index is 0.0259. The molecular formula is C21H18ClF7N8O2. The number of H-pyrrole nitrogens is 1. The average Bonchev–Trinajstić information content (AvgIpc) is 3.43. The minimum atomic E-state index is -5.41. The molecule has 0 atom stereocenters. The van der Waals surface area contributed by atoms with E-state index in [0.29, 0.717) is 12.5 Å². The summed E-state index contributed by atoms with van der Waals surface area (Å²) in [6, 6.07) is 0.734. The van der Waals surface area contributed by atoms with E-state index in [1.54, 1.807) is 0 Å². The second-order valence-electron chi connectivity index (χ2n) is 8.41. The van der Waals surface area contributed by atoms with Crippen LogP contribution in [-0.4, -0.2) is 39.3 Å². The monoisotopic (exact) mass is 582 g/mol. The van der Waals surface area contributed by atoms with Gasteiger partial charge < -0.3 is 4.98 Å². The van der Waals surface area contributed by atoms with Gasteiger partial charge in [0.15, 0.2) is 17.0 Å². The van der Waals surface area contributed by atoms with E-state index in [0.717, 1.165) is 9.36 Å². The van der Waals surface area contributed by atoms with Crippen molar-refractivity contribution in [3.63, 3.8) is 0 Å². The van der Waals surface area contributed by atoms with Crippen molar-refractivity contribution in [2.45, 2.75) is 58.2 Å². The van der Waals surface area contributed by atoms with Crippen molar-refractivity contribution < 1.29 is 30.7 Å². The van der Waals surface area contributed by atoms with Crippen LogP contribution in [0.2, 0.25) is 5.28 Å². The Morgan fingerprint density at radius 1 is 1.00 bits per heavy atom. The van der Waals surface area contributed by atoms with Crippen LogP contribution in [0.25, 0.3) is 11.2 Å². The van der Waals surface area contributed by atoms with E-state index >= 15 is 0 Å². The number of rotatable bonds is 8. The Morgan fingerprint density at radius 2 is 1.72 bits per heavy atom. The van der Waals surface area contributed by atoms with Crippen LogP contribution in [0, 0.1) is 5.82 Å². The van der Waals surface area contributed by atoms with E-state index in [1.165, 1.54) is 4.57 Å². The summed E-state index contributed by atoms with van der Waals surface area (Å²) in [6.45, 7) is 1.98. The molecule has 0 bridgehead atoms. The number of imidazole rings is 1. The van der Waals surface area contributed by atoms with Crippen molar-refractivity contribution in [2.24, 2.45) is 0 Å². The topological polar surface area (TPSA) is 116 Å². The van der Waals surface area contributed by atoms with Gasteiger partial charge in [0.25, 0.3) is 5.56 Å². The molecule has 0 aliphatic carbocycles. The third-order valence-corrected chi connectivity index (χ3v) is 5.86. The first-order chi connectivity index (χ1) is 18.2. The third-order valence-electron chi connectivity index (χ3n) is 5.68. The summed E-state index contributed by atoms with van der Waals surface area (Å²) < 4.78 is 95.5. The Kier molecular flexibility index (Phi) is 7.55. The normalized spacial score (nSPS) is 12.5. The largest absolute Gasteiger partial charge is 0.419 e. The van der Waals surface area contributed by atoms with Crippen molar-refractivity contribution in [2.75, 3.05) is 0 Å². The van der Waals surface area contributed by atoms with Gasteiger partial charge in [-0.25, -0.2) is 9.18 Å². The molecule has 3 aromatic heterocycles. The highest BCUT2D eigenvalue weighted by atomic mass is 35.5. The quantitative estimate of drug-likeness (QED) is 0.250. The number of nitrogens with zero attached hydrogens (tertiary/aromatic N) is 7. The average molecular weight is 583 g/mol. The first-order valence-corrected chi connectivity index (χ1v) is 11.7. The number of halogens is 8. The summed E-state index contributed by atoms with van der Waals surface area (Å²) in [6.07, 6.45) is -10.8. The zero-order valence-corrected chi connectivity index (χ0v) is 20.6. The zero-order valence-electron chi connectivity index (χ0n) is 19.9. The fourth-order valence-electron chi connectivity index (χ4n) is 4.03. The maximum atomic E-state index is 14.2. The minimum Gasteiger partial charge on any atom is -0.323 e. The van der Waals surface area contributed by atoms with E-state index < -0.39 is 52.5 Å². The standard InChI is InChI=1S/C21H18ClF7N8O2/c1-2-6-35-16-15(30-18(22)31-16)17(38)36(19(35)39)7-3-8-37-33-12(32-34-37)9-10-4-5-11(20(24,25)26)14(23)13(10)21(27,28)29/h4-5H,2-3,6-9H2,1H3,(H,30,31). The molecule has 0 fully saturated rings. The fraction of sp³-hybridized carbons (Fsp3) is 0.429. The van der Waals surface area contributed by atoms with Gasteiger partial charge in [0.1, 0.15) is 5.82 Å². The van der Waals surface area contributed by atoms with Crippen molar-refractivity contribution in [1.82, 2.24) is 39.3 Å². The second kappa shape index (κ2) is 10.4. The number of nitrogens with one attached hydrogen (secondary N) is 1. The summed E-state index contributed by atoms with van der Waals surface area (Å²) in [4.78, 5) is 33.2. The second-order valence-corrected chi connectivity index (χ2v) is 8.76. The van der Waals surface area contributed by atoms with Gasteiger partial charge in [0.05, 0.1) is 17.7 Å². The van der Waals surface area contributed by atoms with Gasteiger partial charge in [-0.2, -0.15) is 36.1 Å². The molecule has 3 heterocycles. The van der Waals surface area contributed by atoms with E-state index in [4.69, 9.17) is 11.6 Å². The SMILES string of the molecule is CCCn1c(=O)n(CCCn2nnc(Cc3ccc(C(F)(F)F)c(F)c3C(F)(F)F)n2)c(=O)c2[nH]c(Cl)nc21. The summed E-state index contributed by atoms with van der Waals surface area (Å²) in [5.41, 5.74) is -6.02. The molecule has 4 aromatic rings. The van der Waals surface area contributed by atoms with Crippen LogP contribution in [-0.2, 0) is 38.4 Å². The van der Waals surface area contributed by atoms with Gasteiger partial charge in [0.2, 0.25) is 5.28 Å². The molecule has 10 nitrogen and oxygen atoms in total. The molecule has 0 radical (unpaired) electrons. The lowest BCUT2D eigenvalue weighted by molar-refractivity contribution is -0.148. The van der Waals surface area contributed by atoms with Crippen LogP contribution in [0.1, 0.15) is 42.3 Å². The Hall–Kier alpha value is -3.76. The lowest BCUT2D eigenvalue weighted by atomic mass is 9.99. The van der Waals surface area contributed by atoms with E-state index in [9.17, 15) is 40.3 Å². The number of tetrazole rings is 1. The number of fused-ring (bicyclic) bond motifs is 1. The van der Waals surface area contributed by atoms with Crippen LogP contribution in [0.5, 0.6) is 0 Å². The molecule has 0 amide bonds. The molecule has 0 spiro atoms. The van der Waals surface area contributed by atoms with Gasteiger partial charge >= 0.3 is 18.0 Å². The zero-order chi connectivity index (χ0) is 28.7. The number of aryl methyl sites for hydroxylation is 2. The number of aromatic amines is 1. The molecule has 0 aliphatic rings. The number of hydrogen-bond acceptors (Lipinski definition) is 6. The summed E-state index contributed by atoms with van der Waals surface area (Å²) in [5.74, 6) is -2.75. The van der Waals surface area contributed by atoms with Gasteiger partial charge in [-0.3, -0.25) is 13.9 Å². The van der Waals surface area contributed by atoms with E-state index in [-0.39, 0.29) is 54.4 Å². The summed E-state index contributed by atoms with van der Waals surface area (Å²) in [5, 5.41) is 11.1. The fourth-order valence-corrected chi connectivity index (χ4v) is 4.21. The van der Waals surface area contributed by atoms with Crippen LogP contribution in [0.15, 0.2) is 21.7 Å². The van der Waals surface area contributed by atoms with E-state index in [1.807, 2.05) is 6.92 Å². The van der Waals surface area contributed by atoms with Gasteiger partial charge in [-0.1, -0.05) is 13.0 Å². The Labute approximate surface area is 218 Å². The predicted molar refractivity (Wildman–Crippen MR) is 122 cm³/mol. The van der Waals surface area contributed by atoms with Crippen LogP contribution >= 0.6 is 11.6 Å². The first kappa shape index (κ1) is 28.3. The van der Waals surface area contributed by atoms with Crippen molar-refractivity contribution >= 4 is 22.8 Å². The number of aromatic nitrogens is 8. The first-order valence-electron chi connectivity index (χ1n) is 11.3. The molecule has 0 saturated heterocycles. The Balaban J connectivity index is 1.53. The van der Waals surface area contributed by atoms with Crippen LogP contribution in [0.3, 0.4) is 0 Å². The number of hydrogen-bond donors (Lipinski definition) is 1. The molecule has 210 valence electrons. The number of alkyl halides is 6. The molecule has 4 rings (SSSR count).